The lowest BCUT2D eigenvalue weighted by atomic mass is 9.96. The lowest BCUT2D eigenvalue weighted by Crippen LogP contribution is -2.48. The van der Waals surface area contributed by atoms with Gasteiger partial charge in [-0.05, 0) is 23.3 Å². The van der Waals surface area contributed by atoms with Crippen molar-refractivity contribution in [1.29, 1.82) is 0 Å². The topological polar surface area (TPSA) is 58.2 Å². The number of nitrogens with zero attached hydrogens (tertiary/aromatic N) is 2. The van der Waals surface area contributed by atoms with Gasteiger partial charge in [0, 0.05) is 37.7 Å². The number of benzene rings is 2. The summed E-state index contributed by atoms with van der Waals surface area (Å²) in [4.78, 5) is 4.84. The molecule has 4 nitrogen and oxygen atoms in total. The lowest BCUT2D eigenvalue weighted by molar-refractivity contribution is 0.0945. The number of hydrogen-bond donors (Lipinski definition) is 1. The van der Waals surface area contributed by atoms with E-state index in [-0.39, 0.29) is 42.9 Å². The molecule has 1 aliphatic rings. The van der Waals surface area contributed by atoms with Crippen molar-refractivity contribution in [2.24, 2.45) is 0 Å². The molecule has 2 aromatic carbocycles. The molecule has 3 N–H and O–H groups in total. The van der Waals surface area contributed by atoms with Crippen LogP contribution in [0.15, 0.2) is 54.6 Å². The minimum atomic E-state index is 0. The summed E-state index contributed by atoms with van der Waals surface area (Å²) in [6.07, 6.45) is 0. The van der Waals surface area contributed by atoms with Crippen LogP contribution in [0.3, 0.4) is 0 Å². The Morgan fingerprint density at radius 2 is 1.38 bits per heavy atom. The third-order valence-electron chi connectivity index (χ3n) is 4.49. The van der Waals surface area contributed by atoms with Gasteiger partial charge >= 0.3 is 0 Å². The van der Waals surface area contributed by atoms with Crippen molar-refractivity contribution in [3.63, 3.8) is 0 Å². The monoisotopic (exact) mass is 420 g/mol. The molecule has 0 saturated carbocycles. The van der Waals surface area contributed by atoms with Crippen LogP contribution in [0.25, 0.3) is 0 Å². The number of hydrogen-bond acceptors (Lipinski definition) is 3. The van der Waals surface area contributed by atoms with Gasteiger partial charge in [-0.25, -0.2) is 0 Å². The number of halogens is 3. The van der Waals surface area contributed by atoms with Gasteiger partial charge in [0.15, 0.2) is 0 Å². The van der Waals surface area contributed by atoms with E-state index in [1.54, 1.807) is 0 Å². The summed E-state index contributed by atoms with van der Waals surface area (Å²) in [5.41, 5.74) is 2.58. The molecule has 0 aliphatic carbocycles. The Bertz CT molecular complexity index is 606. The van der Waals surface area contributed by atoms with Crippen molar-refractivity contribution in [3.8, 4) is 0 Å². The molecule has 0 aromatic heterocycles. The first kappa shape index (κ1) is 25.1. The summed E-state index contributed by atoms with van der Waals surface area (Å²) < 4.78 is 0. The quantitative estimate of drug-likeness (QED) is 0.807. The molecule has 2 aromatic rings. The van der Waals surface area contributed by atoms with Gasteiger partial charge in [0.1, 0.15) is 0 Å². The zero-order valence-corrected chi connectivity index (χ0v) is 16.9. The van der Waals surface area contributed by atoms with E-state index in [0.717, 1.165) is 37.7 Å². The Hall–Kier alpha value is -0.850. The fourth-order valence-corrected chi connectivity index (χ4v) is 3.41. The molecule has 0 bridgehead atoms. The Morgan fingerprint density at radius 1 is 0.846 bits per heavy atom. The molecular weight excluding hydrogens is 395 g/mol. The van der Waals surface area contributed by atoms with E-state index in [9.17, 15) is 0 Å². The van der Waals surface area contributed by atoms with Crippen LogP contribution in [-0.4, -0.2) is 59.7 Å². The van der Waals surface area contributed by atoms with Gasteiger partial charge in [-0.15, -0.1) is 24.8 Å². The molecule has 1 fully saturated rings. The van der Waals surface area contributed by atoms with Gasteiger partial charge in [-0.1, -0.05) is 54.1 Å². The Labute approximate surface area is 172 Å². The number of aliphatic hydroxyl groups excluding tert-OH is 1. The SMILES string of the molecule is Cl.Cl.O.OCCN1CCN(C(c2ccccc2)c2ccc(Cl)cc2)CC1. The predicted molar refractivity (Wildman–Crippen MR) is 113 cm³/mol. The highest BCUT2D eigenvalue weighted by Gasteiger charge is 2.26. The molecule has 1 atom stereocenters. The van der Waals surface area contributed by atoms with E-state index < -0.39 is 0 Å². The largest absolute Gasteiger partial charge is 0.412 e. The molecule has 1 saturated heterocycles. The van der Waals surface area contributed by atoms with E-state index in [1.807, 2.05) is 12.1 Å². The fourth-order valence-electron chi connectivity index (χ4n) is 3.28. The molecule has 7 heteroatoms. The van der Waals surface area contributed by atoms with Crippen molar-refractivity contribution < 1.29 is 10.6 Å². The van der Waals surface area contributed by atoms with Crippen LogP contribution in [0.1, 0.15) is 17.2 Å². The first-order chi connectivity index (χ1) is 11.3. The maximum atomic E-state index is 9.11. The van der Waals surface area contributed by atoms with Crippen LogP contribution < -0.4 is 0 Å². The van der Waals surface area contributed by atoms with E-state index >= 15 is 0 Å². The Balaban J connectivity index is 0.00000208. The van der Waals surface area contributed by atoms with Crippen LogP contribution in [0.2, 0.25) is 5.02 Å². The second kappa shape index (κ2) is 12.5. The summed E-state index contributed by atoms with van der Waals surface area (Å²) in [6.45, 7) is 5.00. The Morgan fingerprint density at radius 3 is 1.92 bits per heavy atom. The third-order valence-corrected chi connectivity index (χ3v) is 4.74. The zero-order chi connectivity index (χ0) is 16.1. The van der Waals surface area contributed by atoms with E-state index in [2.05, 4.69) is 52.3 Å². The molecule has 3 rings (SSSR count). The second-order valence-electron chi connectivity index (χ2n) is 5.97. The molecule has 146 valence electrons. The number of piperazine rings is 1. The van der Waals surface area contributed by atoms with E-state index in [0.29, 0.717) is 0 Å². The van der Waals surface area contributed by atoms with Gasteiger partial charge < -0.3 is 10.6 Å². The van der Waals surface area contributed by atoms with Gasteiger partial charge in [0.05, 0.1) is 12.6 Å². The standard InChI is InChI=1S/C19H23ClN2O.2ClH.H2O/c20-18-8-6-17(7-9-18)19(16-4-2-1-3-5-16)22-12-10-21(11-13-22)14-15-23;;;/h1-9,19,23H,10-15H2;2*1H;1H2. The highest BCUT2D eigenvalue weighted by molar-refractivity contribution is 6.30. The maximum Gasteiger partial charge on any atom is 0.0602 e. The molecule has 26 heavy (non-hydrogen) atoms. The van der Waals surface area contributed by atoms with E-state index in [1.165, 1.54) is 11.1 Å². The molecule has 1 heterocycles. The predicted octanol–water partition coefficient (Wildman–Crippen LogP) is 3.06. The van der Waals surface area contributed by atoms with Gasteiger partial charge in [0.25, 0.3) is 0 Å². The van der Waals surface area contributed by atoms with Gasteiger partial charge in [0.2, 0.25) is 0 Å². The maximum absolute atomic E-state index is 9.11. The molecule has 1 unspecified atom stereocenters. The number of β-amino-alcohol motifs (C(OH)–C–C–N with tert-alkyl or cyclic N) is 1. The molecule has 0 spiro atoms. The third kappa shape index (κ3) is 6.39. The van der Waals surface area contributed by atoms with Crippen molar-refractivity contribution in [2.45, 2.75) is 6.04 Å². The fraction of sp³-hybridized carbons (Fsp3) is 0.368. The molecular formula is C19H27Cl3N2O2. The van der Waals surface area contributed by atoms with Crippen LogP contribution in [-0.2, 0) is 0 Å². The summed E-state index contributed by atoms with van der Waals surface area (Å²) in [5.74, 6) is 0. The highest BCUT2D eigenvalue weighted by atomic mass is 35.5. The average molecular weight is 422 g/mol. The number of aliphatic hydroxyl groups is 1. The molecule has 0 radical (unpaired) electrons. The second-order valence-corrected chi connectivity index (χ2v) is 6.40. The van der Waals surface area contributed by atoms with Gasteiger partial charge in [-0.3, -0.25) is 9.80 Å². The summed E-state index contributed by atoms with van der Waals surface area (Å²) in [7, 11) is 0. The van der Waals surface area contributed by atoms with Crippen LogP contribution in [0.4, 0.5) is 0 Å². The van der Waals surface area contributed by atoms with Crippen molar-refractivity contribution in [3.05, 3.63) is 70.7 Å². The smallest absolute Gasteiger partial charge is 0.0602 e. The first-order valence-electron chi connectivity index (χ1n) is 8.15. The highest BCUT2D eigenvalue weighted by Crippen LogP contribution is 2.30. The summed E-state index contributed by atoms with van der Waals surface area (Å²) in [6, 6.07) is 19.1. The van der Waals surface area contributed by atoms with Crippen LogP contribution >= 0.6 is 36.4 Å². The van der Waals surface area contributed by atoms with Crippen LogP contribution in [0.5, 0.6) is 0 Å². The minimum absolute atomic E-state index is 0. The van der Waals surface area contributed by atoms with Crippen molar-refractivity contribution in [2.75, 3.05) is 39.3 Å². The first-order valence-corrected chi connectivity index (χ1v) is 8.53. The van der Waals surface area contributed by atoms with Crippen molar-refractivity contribution in [1.82, 2.24) is 9.80 Å². The van der Waals surface area contributed by atoms with E-state index in [4.69, 9.17) is 16.7 Å². The summed E-state index contributed by atoms with van der Waals surface area (Å²) in [5, 5.41) is 9.88. The number of rotatable bonds is 5. The molecule has 1 aliphatic heterocycles. The van der Waals surface area contributed by atoms with Crippen LogP contribution in [0, 0.1) is 0 Å². The summed E-state index contributed by atoms with van der Waals surface area (Å²) >= 11 is 6.06. The average Bonchev–Trinajstić information content (AvgIpc) is 2.60. The Kier molecular flexibility index (Phi) is 12.1. The normalized spacial score (nSPS) is 15.9. The lowest BCUT2D eigenvalue weighted by Gasteiger charge is -2.39. The molecule has 0 amide bonds. The van der Waals surface area contributed by atoms with Crippen molar-refractivity contribution >= 4 is 36.4 Å². The van der Waals surface area contributed by atoms with Gasteiger partial charge in [-0.2, -0.15) is 0 Å². The minimum Gasteiger partial charge on any atom is -0.412 e. The zero-order valence-electron chi connectivity index (χ0n) is 14.6.